The molecule has 0 heterocycles. The Hall–Kier alpha value is -2.68. The van der Waals surface area contributed by atoms with Gasteiger partial charge in [-0.25, -0.2) is 9.59 Å². The van der Waals surface area contributed by atoms with E-state index in [1.54, 1.807) is 0 Å². The number of carbonyl (C=O) groups is 2. The van der Waals surface area contributed by atoms with Crippen LogP contribution in [0.2, 0.25) is 0 Å². The lowest BCUT2D eigenvalue weighted by molar-refractivity contribution is 0.0693. The summed E-state index contributed by atoms with van der Waals surface area (Å²) < 4.78 is 0. The van der Waals surface area contributed by atoms with Crippen LogP contribution in [-0.2, 0) is 0 Å². The van der Waals surface area contributed by atoms with Crippen LogP contribution in [0.3, 0.4) is 0 Å². The highest BCUT2D eigenvalue weighted by atomic mass is 16.4. The molecule has 1 rings (SSSR count). The van der Waals surface area contributed by atoms with Crippen molar-refractivity contribution in [3.63, 3.8) is 0 Å². The highest BCUT2D eigenvalue weighted by molar-refractivity contribution is 5.97. The topological polar surface area (TPSA) is 98.7 Å². The lowest BCUT2D eigenvalue weighted by Crippen LogP contribution is -2.37. The molecule has 0 saturated carbocycles. The standard InChI is InChI=1S/C14H16N2O4/c1-3-6-9(4-2)15-14(20)16-11-8-5-7-10(12(11)17)13(18)19/h1,5,7-9,17H,4,6H2,2H3,(H,18,19)(H2,15,16,20). The largest absolute Gasteiger partial charge is 0.505 e. The zero-order valence-corrected chi connectivity index (χ0v) is 11.0. The number of aromatic carboxylic acids is 1. The number of aromatic hydroxyl groups is 1. The van der Waals surface area contributed by atoms with Gasteiger partial charge in [0.1, 0.15) is 5.56 Å². The molecule has 0 saturated heterocycles. The summed E-state index contributed by atoms with van der Waals surface area (Å²) in [6.07, 6.45) is 6.24. The van der Waals surface area contributed by atoms with Gasteiger partial charge < -0.3 is 20.8 Å². The molecule has 1 atom stereocenters. The predicted octanol–water partition coefficient (Wildman–Crippen LogP) is 2.01. The van der Waals surface area contributed by atoms with Gasteiger partial charge in [0.25, 0.3) is 0 Å². The Kier molecular flexibility index (Phi) is 5.42. The molecular formula is C14H16N2O4. The molecule has 0 bridgehead atoms. The number of carboxylic acid groups (broad SMARTS) is 1. The smallest absolute Gasteiger partial charge is 0.339 e. The maximum absolute atomic E-state index is 11.7. The molecule has 1 unspecified atom stereocenters. The normalized spacial score (nSPS) is 11.2. The van der Waals surface area contributed by atoms with Gasteiger partial charge in [-0.2, -0.15) is 0 Å². The third kappa shape index (κ3) is 3.92. The summed E-state index contributed by atoms with van der Waals surface area (Å²) in [7, 11) is 0. The highest BCUT2D eigenvalue weighted by Gasteiger charge is 2.15. The molecule has 0 aromatic heterocycles. The van der Waals surface area contributed by atoms with Crippen LogP contribution >= 0.6 is 0 Å². The van der Waals surface area contributed by atoms with Gasteiger partial charge in [0, 0.05) is 12.5 Å². The molecule has 0 spiro atoms. The van der Waals surface area contributed by atoms with Crippen LogP contribution in [0.25, 0.3) is 0 Å². The number of carboxylic acids is 1. The number of urea groups is 1. The number of benzene rings is 1. The van der Waals surface area contributed by atoms with Crippen molar-refractivity contribution >= 4 is 17.7 Å². The van der Waals surface area contributed by atoms with Gasteiger partial charge in [0.05, 0.1) is 5.69 Å². The Morgan fingerprint density at radius 1 is 1.45 bits per heavy atom. The van der Waals surface area contributed by atoms with E-state index >= 15 is 0 Å². The molecular weight excluding hydrogens is 260 g/mol. The molecule has 6 heteroatoms. The molecule has 0 aliphatic carbocycles. The van der Waals surface area contributed by atoms with Gasteiger partial charge in [-0.05, 0) is 18.6 Å². The van der Waals surface area contributed by atoms with Gasteiger partial charge in [-0.3, -0.25) is 0 Å². The number of terminal acetylenes is 1. The molecule has 0 aliphatic rings. The fourth-order valence-electron chi connectivity index (χ4n) is 1.60. The van der Waals surface area contributed by atoms with Gasteiger partial charge in [0.2, 0.25) is 0 Å². The van der Waals surface area contributed by atoms with Crippen molar-refractivity contribution in [2.24, 2.45) is 0 Å². The van der Waals surface area contributed by atoms with E-state index in [4.69, 9.17) is 11.5 Å². The van der Waals surface area contributed by atoms with E-state index in [0.29, 0.717) is 12.8 Å². The predicted molar refractivity (Wildman–Crippen MR) is 74.7 cm³/mol. The Labute approximate surface area is 116 Å². The molecule has 106 valence electrons. The zero-order valence-electron chi connectivity index (χ0n) is 11.0. The van der Waals surface area contributed by atoms with Crippen molar-refractivity contribution in [2.75, 3.05) is 5.32 Å². The van der Waals surface area contributed by atoms with Crippen LogP contribution < -0.4 is 10.6 Å². The summed E-state index contributed by atoms with van der Waals surface area (Å²) in [5, 5.41) is 23.7. The molecule has 1 aromatic carbocycles. The van der Waals surface area contributed by atoms with E-state index in [1.165, 1.54) is 18.2 Å². The summed E-state index contributed by atoms with van der Waals surface area (Å²) in [6.45, 7) is 1.88. The summed E-state index contributed by atoms with van der Waals surface area (Å²) in [6, 6.07) is 3.35. The number of amides is 2. The van der Waals surface area contributed by atoms with Crippen molar-refractivity contribution < 1.29 is 19.8 Å². The van der Waals surface area contributed by atoms with E-state index in [-0.39, 0.29) is 17.3 Å². The van der Waals surface area contributed by atoms with Crippen LogP contribution in [0.15, 0.2) is 18.2 Å². The second-order valence-electron chi connectivity index (χ2n) is 4.12. The maximum atomic E-state index is 11.7. The number of hydrogen-bond acceptors (Lipinski definition) is 3. The van der Waals surface area contributed by atoms with Gasteiger partial charge in [-0.1, -0.05) is 13.0 Å². The average molecular weight is 276 g/mol. The summed E-state index contributed by atoms with van der Waals surface area (Å²) in [4.78, 5) is 22.6. The van der Waals surface area contributed by atoms with Gasteiger partial charge in [-0.15, -0.1) is 12.3 Å². The molecule has 2 amide bonds. The van der Waals surface area contributed by atoms with E-state index in [2.05, 4.69) is 16.6 Å². The van der Waals surface area contributed by atoms with Crippen LogP contribution in [-0.4, -0.2) is 28.3 Å². The quantitative estimate of drug-likeness (QED) is 0.488. The van der Waals surface area contributed by atoms with Crippen molar-refractivity contribution in [3.8, 4) is 18.1 Å². The number of hydrogen-bond donors (Lipinski definition) is 4. The first-order chi connectivity index (χ1) is 9.49. The molecule has 6 nitrogen and oxygen atoms in total. The highest BCUT2D eigenvalue weighted by Crippen LogP contribution is 2.27. The van der Waals surface area contributed by atoms with Crippen molar-refractivity contribution in [2.45, 2.75) is 25.8 Å². The fourth-order valence-corrected chi connectivity index (χ4v) is 1.60. The van der Waals surface area contributed by atoms with Crippen LogP contribution in [0, 0.1) is 12.3 Å². The molecule has 1 aromatic rings. The molecule has 0 radical (unpaired) electrons. The number of carbonyl (C=O) groups excluding carboxylic acids is 1. The first-order valence-corrected chi connectivity index (χ1v) is 6.05. The minimum atomic E-state index is -1.27. The second kappa shape index (κ2) is 7.04. The third-order valence-electron chi connectivity index (χ3n) is 2.71. The number of phenols is 1. The van der Waals surface area contributed by atoms with E-state index in [9.17, 15) is 14.7 Å². The Balaban J connectivity index is 2.79. The number of nitrogens with one attached hydrogen (secondary N) is 2. The minimum absolute atomic E-state index is 0.0259. The lowest BCUT2D eigenvalue weighted by atomic mass is 10.1. The maximum Gasteiger partial charge on any atom is 0.339 e. The van der Waals surface area contributed by atoms with Crippen LogP contribution in [0.4, 0.5) is 10.5 Å². The van der Waals surface area contributed by atoms with E-state index < -0.39 is 17.7 Å². The first-order valence-electron chi connectivity index (χ1n) is 6.05. The van der Waals surface area contributed by atoms with Gasteiger partial charge >= 0.3 is 12.0 Å². The van der Waals surface area contributed by atoms with Crippen LogP contribution in [0.1, 0.15) is 30.1 Å². The number of para-hydroxylation sites is 1. The molecule has 0 fully saturated rings. The molecule has 4 N–H and O–H groups in total. The van der Waals surface area contributed by atoms with Crippen LogP contribution in [0.5, 0.6) is 5.75 Å². The van der Waals surface area contributed by atoms with E-state index in [0.717, 1.165) is 0 Å². The zero-order chi connectivity index (χ0) is 15.1. The van der Waals surface area contributed by atoms with Crippen molar-refractivity contribution in [1.82, 2.24) is 5.32 Å². The fraction of sp³-hybridized carbons (Fsp3) is 0.286. The lowest BCUT2D eigenvalue weighted by Gasteiger charge is -2.15. The second-order valence-corrected chi connectivity index (χ2v) is 4.12. The summed E-state index contributed by atoms with van der Waals surface area (Å²) >= 11 is 0. The minimum Gasteiger partial charge on any atom is -0.505 e. The summed E-state index contributed by atoms with van der Waals surface area (Å²) in [5.41, 5.74) is -0.253. The number of rotatable bonds is 5. The summed E-state index contributed by atoms with van der Waals surface area (Å²) in [5.74, 6) is 0.695. The molecule has 20 heavy (non-hydrogen) atoms. The van der Waals surface area contributed by atoms with Crippen molar-refractivity contribution in [1.29, 1.82) is 0 Å². The Bertz CT molecular complexity index is 549. The van der Waals surface area contributed by atoms with E-state index in [1.807, 2.05) is 6.92 Å². The Morgan fingerprint density at radius 3 is 2.70 bits per heavy atom. The molecule has 0 aliphatic heterocycles. The monoisotopic (exact) mass is 276 g/mol. The first kappa shape index (κ1) is 15.4. The van der Waals surface area contributed by atoms with Crippen molar-refractivity contribution in [3.05, 3.63) is 23.8 Å². The third-order valence-corrected chi connectivity index (χ3v) is 2.71. The average Bonchev–Trinajstić information content (AvgIpc) is 2.40. The number of anilines is 1. The Morgan fingerprint density at radius 2 is 2.15 bits per heavy atom. The van der Waals surface area contributed by atoms with Gasteiger partial charge in [0.15, 0.2) is 5.75 Å². The SMILES string of the molecule is C#CCC(CC)NC(=O)Nc1cccc(C(=O)O)c1O.